The number of carbonyl (C=O) groups excluding carboxylic acids is 1. The van der Waals surface area contributed by atoms with Gasteiger partial charge in [-0.25, -0.2) is 0 Å². The van der Waals surface area contributed by atoms with Crippen molar-refractivity contribution in [3.63, 3.8) is 0 Å². The van der Waals surface area contributed by atoms with Crippen molar-refractivity contribution in [3.05, 3.63) is 27.8 Å². The molecule has 1 aromatic rings. The summed E-state index contributed by atoms with van der Waals surface area (Å²) in [6.07, 6.45) is -5.05. The molecule has 0 fully saturated rings. The Balaban J connectivity index is 2.18. The van der Waals surface area contributed by atoms with E-state index in [1.165, 1.54) is 12.1 Å². The molecule has 0 unspecified atom stereocenters. The maximum absolute atomic E-state index is 12.0. The summed E-state index contributed by atoms with van der Waals surface area (Å²) >= 11 is -3.20. The Kier molecular flexibility index (Phi) is 3.32. The summed E-state index contributed by atoms with van der Waals surface area (Å²) in [5, 5.41) is 9.41. The number of alkyl halides is 3. The Labute approximate surface area is 102 Å². The van der Waals surface area contributed by atoms with Gasteiger partial charge >= 0.3 is 102 Å². The van der Waals surface area contributed by atoms with Gasteiger partial charge in [0.2, 0.25) is 0 Å². The van der Waals surface area contributed by atoms with Crippen molar-refractivity contribution < 1.29 is 29.0 Å². The Morgan fingerprint density at radius 1 is 1.41 bits per heavy atom. The molecule has 0 saturated heterocycles. The zero-order chi connectivity index (χ0) is 12.6. The molecule has 1 aliphatic heterocycles. The molecule has 0 radical (unpaired) electrons. The van der Waals surface area contributed by atoms with Gasteiger partial charge in [-0.05, 0) is 0 Å². The summed E-state index contributed by atoms with van der Waals surface area (Å²) in [4.78, 5) is 10.7. The van der Waals surface area contributed by atoms with Crippen LogP contribution in [0.25, 0.3) is 0 Å². The zero-order valence-electron chi connectivity index (χ0n) is 8.07. The molecular weight excluding hydrogens is 355 g/mol. The van der Waals surface area contributed by atoms with Crippen LogP contribution >= 0.6 is 20.6 Å². The molecule has 0 spiro atoms. The van der Waals surface area contributed by atoms with Gasteiger partial charge in [-0.1, -0.05) is 0 Å². The van der Waals surface area contributed by atoms with E-state index < -0.39 is 39.9 Å². The van der Waals surface area contributed by atoms with Crippen LogP contribution in [0.15, 0.2) is 24.3 Å². The van der Waals surface area contributed by atoms with Gasteiger partial charge in [0.15, 0.2) is 0 Å². The van der Waals surface area contributed by atoms with E-state index in [0.29, 0.717) is 9.03 Å². The van der Waals surface area contributed by atoms with Crippen LogP contribution in [0.2, 0.25) is 0 Å². The maximum atomic E-state index is 12.0. The van der Waals surface area contributed by atoms with Gasteiger partial charge in [0.25, 0.3) is 0 Å². The molecule has 1 aliphatic rings. The first-order chi connectivity index (χ1) is 7.89. The van der Waals surface area contributed by atoms with Crippen LogP contribution in [0, 0.1) is 3.57 Å². The molecule has 0 saturated carbocycles. The van der Waals surface area contributed by atoms with E-state index in [-0.39, 0.29) is 0 Å². The fourth-order valence-electron chi connectivity index (χ4n) is 1.16. The topological polar surface area (TPSA) is 55.8 Å². The minimum atomic E-state index is -5.05. The zero-order valence-corrected chi connectivity index (χ0v) is 10.2. The molecule has 92 valence electrons. The van der Waals surface area contributed by atoms with E-state index in [4.69, 9.17) is 2.98 Å². The number of benzene rings is 1. The summed E-state index contributed by atoms with van der Waals surface area (Å²) in [6.45, 7) is 0. The van der Waals surface area contributed by atoms with Crippen molar-refractivity contribution in [3.8, 4) is 0 Å². The first kappa shape index (κ1) is 12.6. The van der Waals surface area contributed by atoms with Crippen LogP contribution in [-0.4, -0.2) is 24.3 Å². The van der Waals surface area contributed by atoms with Crippen LogP contribution in [0.5, 0.6) is 0 Å². The molecule has 4 nitrogen and oxygen atoms in total. The Hall–Kier alpha value is -0.805. The van der Waals surface area contributed by atoms with Gasteiger partial charge in [0.1, 0.15) is 0 Å². The Bertz CT molecular complexity index is 453. The molecule has 0 atom stereocenters. The molecule has 1 heterocycles. The van der Waals surface area contributed by atoms with Crippen molar-refractivity contribution in [2.45, 2.75) is 6.18 Å². The predicted molar refractivity (Wildman–Crippen MR) is 60.0 cm³/mol. The molecule has 0 amide bonds. The first-order valence-electron chi connectivity index (χ1n) is 4.33. The van der Waals surface area contributed by atoms with E-state index in [1.807, 2.05) is 0 Å². The molecule has 1 N–H and O–H groups in total. The number of halogens is 4. The van der Waals surface area contributed by atoms with E-state index >= 15 is 0 Å². The number of hydrogen-bond donors (Lipinski definition) is 1. The third-order valence-corrected chi connectivity index (χ3v) is 5.55. The standard InChI is InChI=1S/C8H5BF3IO4/c10-8(11,12)7(14)16-13-6-4-2-1-3-5(6)9(15)17-13/h1-4,15H. The van der Waals surface area contributed by atoms with E-state index in [0.717, 1.165) is 0 Å². The van der Waals surface area contributed by atoms with E-state index in [2.05, 4.69) is 3.07 Å². The minimum absolute atomic E-state index is 0.354. The Morgan fingerprint density at radius 3 is 2.71 bits per heavy atom. The van der Waals surface area contributed by atoms with Gasteiger partial charge in [-0.3, -0.25) is 0 Å². The summed E-state index contributed by atoms with van der Waals surface area (Å²) in [6, 6.07) is 6.18. The summed E-state index contributed by atoms with van der Waals surface area (Å²) in [5.74, 6) is -2.29. The van der Waals surface area contributed by atoms with Crippen molar-refractivity contribution in [1.82, 2.24) is 0 Å². The predicted octanol–water partition coefficient (Wildman–Crippen LogP) is 1.02. The second-order valence-electron chi connectivity index (χ2n) is 3.04. The van der Waals surface area contributed by atoms with Crippen molar-refractivity contribution in [2.75, 3.05) is 0 Å². The van der Waals surface area contributed by atoms with Gasteiger partial charge in [0.05, 0.1) is 0 Å². The molecule has 0 aliphatic carbocycles. The molecular formula is C8H5BF3IO4. The van der Waals surface area contributed by atoms with Gasteiger partial charge < -0.3 is 0 Å². The van der Waals surface area contributed by atoms with Crippen molar-refractivity contribution >= 4 is 39.2 Å². The second-order valence-corrected chi connectivity index (χ2v) is 6.39. The quantitative estimate of drug-likeness (QED) is 0.601. The fourth-order valence-corrected chi connectivity index (χ4v) is 4.55. The number of carbonyl (C=O) groups is 1. The van der Waals surface area contributed by atoms with Crippen LogP contribution in [0.1, 0.15) is 0 Å². The average molecular weight is 360 g/mol. The molecule has 2 rings (SSSR count). The molecule has 1 aromatic carbocycles. The number of hydrogen-bond acceptors (Lipinski definition) is 4. The fraction of sp³-hybridized carbons (Fsp3) is 0.125. The third kappa shape index (κ3) is 2.55. The SMILES string of the molecule is O=C(OI1OB(O)c2ccccc21)C(F)(F)F. The Morgan fingerprint density at radius 2 is 2.06 bits per heavy atom. The summed E-state index contributed by atoms with van der Waals surface area (Å²) in [5.41, 5.74) is 0.354. The van der Waals surface area contributed by atoms with Crippen LogP contribution in [0.4, 0.5) is 13.2 Å². The van der Waals surface area contributed by atoms with Gasteiger partial charge in [-0.15, -0.1) is 0 Å². The van der Waals surface area contributed by atoms with E-state index in [1.54, 1.807) is 12.1 Å². The molecule has 17 heavy (non-hydrogen) atoms. The monoisotopic (exact) mass is 360 g/mol. The van der Waals surface area contributed by atoms with Crippen LogP contribution in [0.3, 0.4) is 0 Å². The van der Waals surface area contributed by atoms with Crippen LogP contribution in [-0.2, 0) is 10.8 Å². The third-order valence-electron chi connectivity index (χ3n) is 1.87. The molecule has 9 heteroatoms. The van der Waals surface area contributed by atoms with Gasteiger partial charge in [-0.2, -0.15) is 0 Å². The summed E-state index contributed by atoms with van der Waals surface area (Å²) in [7, 11) is -1.32. The number of fused-ring (bicyclic) bond motifs is 1. The normalized spacial score (nSPS) is 16.9. The van der Waals surface area contributed by atoms with Crippen LogP contribution < -0.4 is 5.46 Å². The first-order valence-corrected chi connectivity index (χ1v) is 7.17. The second kappa shape index (κ2) is 4.46. The van der Waals surface area contributed by atoms with Crippen molar-refractivity contribution in [1.29, 1.82) is 0 Å². The summed E-state index contributed by atoms with van der Waals surface area (Å²) < 4.78 is 45.5. The van der Waals surface area contributed by atoms with E-state index in [9.17, 15) is 23.0 Å². The molecule has 0 aromatic heterocycles. The average Bonchev–Trinajstić information content (AvgIpc) is 2.56. The molecule has 0 bridgehead atoms. The van der Waals surface area contributed by atoms with Crippen molar-refractivity contribution in [2.24, 2.45) is 0 Å². The van der Waals surface area contributed by atoms with Gasteiger partial charge in [0, 0.05) is 0 Å². The number of rotatable bonds is 1.